The lowest BCUT2D eigenvalue weighted by molar-refractivity contribution is -0.228. The Bertz CT molecular complexity index is 5670. The second-order valence-electron chi connectivity index (χ2n) is 32.7. The monoisotopic (exact) mass is 1680 g/mol. The van der Waals surface area contributed by atoms with Crippen molar-refractivity contribution in [3.63, 3.8) is 0 Å². The Morgan fingerprint density at radius 2 is 1.07 bits per heavy atom. The fraction of sp³-hybridized carbons (Fsp3) is 0.430. The van der Waals surface area contributed by atoms with Crippen LogP contribution in [0.4, 0.5) is 11.4 Å². The molecule has 9 heterocycles. The van der Waals surface area contributed by atoms with Crippen molar-refractivity contribution in [1.82, 2.24) is 19.7 Å². The largest absolute Gasteiger partial charge is 0.497 e. The van der Waals surface area contributed by atoms with E-state index in [-0.39, 0.29) is 59.2 Å². The molecule has 2 bridgehead atoms. The number of hydrogen-bond donors (Lipinski definition) is 3. The number of aromatic amines is 1. The maximum Gasteiger partial charge on any atom is 0.339 e. The van der Waals surface area contributed by atoms with Crippen LogP contribution in [-0.2, 0) is 60.7 Å². The molecule has 122 heavy (non-hydrogen) atoms. The number of carbonyl (C=O) groups excluding carboxylic acids is 5. The van der Waals surface area contributed by atoms with Crippen LogP contribution in [0.3, 0.4) is 0 Å². The molecule has 1 aromatic heterocycles. The number of aliphatic hydroxyl groups is 2. The van der Waals surface area contributed by atoms with Gasteiger partial charge in [0.05, 0.1) is 54.6 Å². The Labute approximate surface area is 726 Å². The van der Waals surface area contributed by atoms with Crippen molar-refractivity contribution < 1.29 is 67.3 Å². The average Bonchev–Trinajstić information content (AvgIpc) is 1.48. The van der Waals surface area contributed by atoms with E-state index in [2.05, 4.69) is 188 Å². The Morgan fingerprint density at radius 1 is 0.582 bits per heavy atom. The van der Waals surface area contributed by atoms with E-state index in [1.54, 1.807) is 76.6 Å². The van der Waals surface area contributed by atoms with Gasteiger partial charge in [-0.25, -0.2) is 9.59 Å². The van der Waals surface area contributed by atoms with Gasteiger partial charge in [0.25, 0.3) is 0 Å². The summed E-state index contributed by atoms with van der Waals surface area (Å²) in [5.74, 6) is 34.1. The maximum absolute atomic E-state index is 15.4. The highest BCUT2D eigenvalue weighted by Crippen LogP contribution is 2.70. The first-order valence-electron chi connectivity index (χ1n) is 41.1. The average molecular weight is 1680 g/mol. The van der Waals surface area contributed by atoms with E-state index in [0.29, 0.717) is 55.8 Å². The van der Waals surface area contributed by atoms with Gasteiger partial charge >= 0.3 is 29.8 Å². The van der Waals surface area contributed by atoms with Crippen LogP contribution < -0.4 is 19.3 Å². The van der Waals surface area contributed by atoms with Crippen LogP contribution in [0.25, 0.3) is 10.9 Å². The molecule has 3 N–H and O–H groups in total. The Balaban J connectivity index is 0.000000190. The molecule has 22 heteroatoms. The number of H-pyrrole nitrogens is 1. The topological polar surface area (TPSA) is 222 Å². The van der Waals surface area contributed by atoms with E-state index < -0.39 is 93.1 Å². The fourth-order valence-electron chi connectivity index (χ4n) is 22.8. The molecular weight excluding hydrogens is 1580 g/mol. The number of carbonyl (C=O) groups is 5. The smallest absolute Gasteiger partial charge is 0.339 e. The molecular formula is C100H104Cl2N6O14. The fourth-order valence-corrected chi connectivity index (χ4v) is 23.2. The number of benzene rings is 5. The maximum atomic E-state index is 15.4. The van der Waals surface area contributed by atoms with Gasteiger partial charge in [-0.1, -0.05) is 148 Å². The van der Waals surface area contributed by atoms with Gasteiger partial charge in [0.15, 0.2) is 11.2 Å². The minimum Gasteiger partial charge on any atom is -0.497 e. The van der Waals surface area contributed by atoms with Crippen molar-refractivity contribution in [2.75, 3.05) is 104 Å². The normalized spacial score (nSPS) is 28.7. The Morgan fingerprint density at radius 3 is 1.55 bits per heavy atom. The van der Waals surface area contributed by atoms with E-state index >= 15 is 4.79 Å². The highest BCUT2D eigenvalue weighted by Gasteiger charge is 2.80. The van der Waals surface area contributed by atoms with Gasteiger partial charge in [-0.15, -0.1) is 0 Å². The van der Waals surface area contributed by atoms with Gasteiger partial charge in [0.2, 0.25) is 0 Å². The zero-order valence-corrected chi connectivity index (χ0v) is 71.9. The lowest BCUT2D eigenvalue weighted by atomic mass is 9.47. The molecule has 0 radical (unpaired) electrons. The summed E-state index contributed by atoms with van der Waals surface area (Å²) in [6, 6.07) is 30.2. The number of fused-ring (bicyclic) bond motifs is 7. The number of aromatic nitrogens is 1. The summed E-state index contributed by atoms with van der Waals surface area (Å²) in [6.07, 6.45) is 13.4. The molecule has 15 atom stereocenters. The lowest BCUT2D eigenvalue weighted by Gasteiger charge is -2.64. The number of ether oxygens (including phenoxy) is 7. The van der Waals surface area contributed by atoms with Crippen molar-refractivity contribution in [1.29, 1.82) is 0 Å². The minimum atomic E-state index is -1.95. The molecule has 5 aromatic carbocycles. The van der Waals surface area contributed by atoms with E-state index in [1.165, 1.54) is 26.5 Å². The third kappa shape index (κ3) is 14.8. The zero-order valence-electron chi connectivity index (χ0n) is 70.3. The summed E-state index contributed by atoms with van der Waals surface area (Å²) in [6.45, 7) is 17.1. The minimum absolute atomic E-state index is 0. The van der Waals surface area contributed by atoms with Gasteiger partial charge < -0.3 is 58.2 Å². The van der Waals surface area contributed by atoms with E-state index in [9.17, 15) is 29.4 Å². The summed E-state index contributed by atoms with van der Waals surface area (Å²) in [7, 11) is 8.64. The summed E-state index contributed by atoms with van der Waals surface area (Å²) < 4.78 is 42.6. The third-order valence-electron chi connectivity index (χ3n) is 26.9. The molecule has 2 saturated heterocycles. The molecule has 632 valence electrons. The molecule has 6 aromatic rings. The van der Waals surface area contributed by atoms with Gasteiger partial charge in [-0.05, 0) is 208 Å². The number of nitrogens with one attached hydrogen (secondary N) is 1. The number of para-hydroxylation sites is 1. The molecule has 16 rings (SSSR count). The number of esters is 5. The van der Waals surface area contributed by atoms with Crippen LogP contribution in [0.15, 0.2) is 139 Å². The van der Waals surface area contributed by atoms with Crippen LogP contribution in [0.5, 0.6) is 11.5 Å². The van der Waals surface area contributed by atoms with Crippen molar-refractivity contribution >= 4 is 75.3 Å². The molecule has 3 unspecified atom stereocenters. The molecule has 2 spiro atoms. The van der Waals surface area contributed by atoms with Gasteiger partial charge in [0.1, 0.15) is 42.3 Å². The lowest BCUT2D eigenvalue weighted by Crippen LogP contribution is -2.80. The number of rotatable bonds is 15. The van der Waals surface area contributed by atoms with E-state index in [4.69, 9.17) is 56.4 Å². The first-order chi connectivity index (χ1) is 58.4. The van der Waals surface area contributed by atoms with E-state index in [0.717, 1.165) is 96.6 Å². The van der Waals surface area contributed by atoms with Crippen molar-refractivity contribution in [3.8, 4) is 94.4 Å². The van der Waals surface area contributed by atoms with Crippen molar-refractivity contribution in [2.24, 2.45) is 16.7 Å². The third-order valence-corrected chi connectivity index (χ3v) is 27.5. The molecule has 2 saturated carbocycles. The number of halogens is 2. The standard InChI is InChI=1S/C52H59ClN4O8.C31H35ClN2O6.C16H6.CH4/c1-7-32-24-33-27-51(48(60)63-6,43-35(18-22-56(28-32)29-33)34-14-10-12-17-40(34)54-43)38-25-37-41(26-42(38)62-5)55(4)46-50(37)20-23-57-21-13-19-49(8-2,45(50)57)47(65-31(3)58)52(46,61)30-64-44(59)36-15-9-11-16-39(36)53;1-5-29-13-8-15-34-16-14-30(26(29)34)22-12-11-20(38-4)17-24(22)33(3)27(30)31(37,28(29)40-19(2)35)18-39-25(36)21-9-6-7-10-23(21)32;1-3-5-7-9-11-13-15-16-14-12-10-8-6-4-2;/h9-17,19,24-26,33,45-47,54,61H,7-8,18,20-23,27-30H2,1-6H3;6-13,17,26-28,37H,5,14-16,18H2,1-4H3;1-2H3;1H4/t33-,45?,46+,47+,49+,50+,51-,52-;26?,27-,28-,29-,30-,31+;;/m01../s1. The second kappa shape index (κ2) is 36.0. The predicted octanol–water partition coefficient (Wildman–Crippen LogP) is 12.8. The molecule has 4 fully saturated rings. The summed E-state index contributed by atoms with van der Waals surface area (Å²) >= 11 is 12.8. The molecule has 20 nitrogen and oxygen atoms in total. The van der Waals surface area contributed by atoms with E-state index in [1.807, 2.05) is 44.4 Å². The zero-order chi connectivity index (χ0) is 86.0. The quantitative estimate of drug-likeness (QED) is 0.0376. The van der Waals surface area contributed by atoms with Crippen LogP contribution >= 0.6 is 23.2 Å². The van der Waals surface area contributed by atoms with Crippen molar-refractivity contribution in [2.45, 2.75) is 165 Å². The number of hydrogen-bond acceptors (Lipinski definition) is 19. The molecule has 0 amide bonds. The number of nitrogens with zero attached hydrogens (tertiary/aromatic N) is 5. The number of anilines is 2. The first-order valence-corrected chi connectivity index (χ1v) is 41.9. The highest BCUT2D eigenvalue weighted by atomic mass is 35.5. The van der Waals surface area contributed by atoms with Crippen LogP contribution in [-0.4, -0.2) is 202 Å². The Kier molecular flexibility index (Phi) is 26.1. The summed E-state index contributed by atoms with van der Waals surface area (Å²) in [4.78, 5) is 84.0. The summed E-state index contributed by atoms with van der Waals surface area (Å²) in [5.41, 5.74) is 1.05. The van der Waals surface area contributed by atoms with Crippen LogP contribution in [0.2, 0.25) is 10.0 Å². The molecule has 2 aliphatic carbocycles. The van der Waals surface area contributed by atoms with Gasteiger partial charge in [0, 0.05) is 140 Å². The SMILES string of the molecule is C.CC#CC#CC#CC#CC#CC#CC#CC.CCC1=C[C@@H]2CN(CCc3c([nH]c4ccccc34)[C@@](C(=O)OC)(c3cc4c(cc3OC)N(C)[C@H]3[C@@](O)(COC(=O)c5ccccc5Cl)[C@H](OC(C)=O)[C@]5(CC)C=CCN6CC[C@]43C65)C2)C1.CC[C@]12C=CCN3CC[C@@]4(c5ccc(OC)cc5N(C)[C@H]4[C@@](O)(COC(=O)c4ccccc4Cl)[C@@H]1OC(C)=O)C32. The van der Waals surface area contributed by atoms with Crippen molar-refractivity contribution in [3.05, 3.63) is 188 Å². The van der Waals surface area contributed by atoms with Crippen LogP contribution in [0.1, 0.15) is 143 Å². The predicted molar refractivity (Wildman–Crippen MR) is 472 cm³/mol. The first kappa shape index (κ1) is 88.5. The number of methoxy groups -OCH3 is 3. The van der Waals surface area contributed by atoms with Gasteiger partial charge in [-0.2, -0.15) is 0 Å². The van der Waals surface area contributed by atoms with Gasteiger partial charge in [-0.3, -0.25) is 29.1 Å². The number of likely N-dealkylation sites (N-methyl/N-ethyl adjacent to an activating group) is 2. The molecule has 8 aliphatic heterocycles. The molecule has 10 aliphatic rings. The second-order valence-corrected chi connectivity index (χ2v) is 33.5. The Hall–Kier alpha value is -11.3. The highest BCUT2D eigenvalue weighted by molar-refractivity contribution is 6.34. The summed E-state index contributed by atoms with van der Waals surface area (Å²) in [5, 5.41) is 28.5. The van der Waals surface area contributed by atoms with Crippen LogP contribution in [0, 0.1) is 99.6 Å².